The van der Waals surface area contributed by atoms with Gasteiger partial charge in [0.15, 0.2) is 0 Å². The minimum absolute atomic E-state index is 0.0126. The quantitative estimate of drug-likeness (QED) is 0.170. The van der Waals surface area contributed by atoms with Crippen molar-refractivity contribution < 1.29 is 0 Å². The van der Waals surface area contributed by atoms with E-state index >= 15 is 0 Å². The Morgan fingerprint density at radius 1 is 0.357 bits per heavy atom. The van der Waals surface area contributed by atoms with Crippen LogP contribution in [0.3, 0.4) is 0 Å². The molecule has 0 N–H and O–H groups in total. The van der Waals surface area contributed by atoms with E-state index in [0.717, 1.165) is 17.1 Å². The summed E-state index contributed by atoms with van der Waals surface area (Å²) in [7, 11) is 0. The van der Waals surface area contributed by atoms with Gasteiger partial charge in [-0.05, 0) is 97.6 Å². The Kier molecular flexibility index (Phi) is 7.18. The number of benzene rings is 8. The maximum atomic E-state index is 2.42. The topological polar surface area (TPSA) is 3.24 Å². The lowest BCUT2D eigenvalue weighted by Gasteiger charge is -2.28. The lowest BCUT2D eigenvalue weighted by Crippen LogP contribution is -2.16. The van der Waals surface area contributed by atoms with Crippen LogP contribution in [0.5, 0.6) is 0 Å². The van der Waals surface area contributed by atoms with Crippen LogP contribution in [0.15, 0.2) is 176 Å². The molecular weight excluding hydrogens is 695 g/mol. The van der Waals surface area contributed by atoms with E-state index in [0.29, 0.717) is 0 Å². The Morgan fingerprint density at radius 2 is 0.893 bits per heavy atom. The maximum absolute atomic E-state index is 2.42. The van der Waals surface area contributed by atoms with Gasteiger partial charge < -0.3 is 4.90 Å². The molecule has 0 saturated carbocycles. The van der Waals surface area contributed by atoms with Crippen molar-refractivity contribution in [1.82, 2.24) is 0 Å². The second-order valence-corrected chi connectivity index (χ2v) is 17.5. The summed E-state index contributed by atoms with van der Waals surface area (Å²) in [6.07, 6.45) is 0. The molecule has 1 aromatic heterocycles. The van der Waals surface area contributed by atoms with Crippen LogP contribution >= 0.6 is 11.3 Å². The van der Waals surface area contributed by atoms with E-state index in [1.54, 1.807) is 0 Å². The number of thiophene rings is 1. The van der Waals surface area contributed by atoms with E-state index in [1.807, 2.05) is 11.3 Å². The smallest absolute Gasteiger partial charge is 0.0465 e. The largest absolute Gasteiger partial charge is 0.310 e. The Morgan fingerprint density at radius 3 is 1.62 bits per heavy atom. The molecule has 1 heterocycles. The van der Waals surface area contributed by atoms with Gasteiger partial charge in [-0.3, -0.25) is 0 Å². The number of hydrogen-bond donors (Lipinski definition) is 0. The first-order chi connectivity index (χ1) is 27.3. The summed E-state index contributed by atoms with van der Waals surface area (Å²) in [5, 5.41) is 2.68. The standard InChI is InChI=1S/C54H41NS/c1-53(2)47-20-11-9-16-45(47)50-48(53)32-31-44-43-18-12-17-40(51(43)56-52(44)50)36-23-27-38(28-24-36)55(37-25-21-35(22-26-37)34-13-6-5-7-14-34)39-29-30-42-41-15-8-10-19-46(41)54(3,4)49(42)33-39/h5-33H,1-4H3. The van der Waals surface area contributed by atoms with E-state index in [1.165, 1.54) is 86.9 Å². The Balaban J connectivity index is 1.03. The highest BCUT2D eigenvalue weighted by atomic mass is 32.1. The van der Waals surface area contributed by atoms with Crippen LogP contribution < -0.4 is 4.90 Å². The van der Waals surface area contributed by atoms with Gasteiger partial charge in [0.1, 0.15) is 0 Å². The fourth-order valence-electron chi connectivity index (χ4n) is 9.77. The zero-order chi connectivity index (χ0) is 37.8. The summed E-state index contributed by atoms with van der Waals surface area (Å²) in [6.45, 7) is 9.45. The van der Waals surface area contributed by atoms with Crippen molar-refractivity contribution in [3.63, 3.8) is 0 Å². The Labute approximate surface area is 333 Å². The molecular formula is C54H41NS. The Bertz CT molecular complexity index is 3000. The molecule has 268 valence electrons. The monoisotopic (exact) mass is 735 g/mol. The third-order valence-electron chi connectivity index (χ3n) is 12.7. The predicted molar refractivity (Wildman–Crippen MR) is 240 cm³/mol. The van der Waals surface area contributed by atoms with Gasteiger partial charge in [-0.1, -0.05) is 167 Å². The molecule has 11 rings (SSSR count). The van der Waals surface area contributed by atoms with Crippen LogP contribution in [-0.4, -0.2) is 0 Å². The second kappa shape index (κ2) is 12.1. The predicted octanol–water partition coefficient (Wildman–Crippen LogP) is 15.5. The normalized spacial score (nSPS) is 14.4. The fourth-order valence-corrected chi connectivity index (χ4v) is 11.2. The minimum Gasteiger partial charge on any atom is -0.310 e. The van der Waals surface area contributed by atoms with Gasteiger partial charge in [-0.15, -0.1) is 11.3 Å². The van der Waals surface area contributed by atoms with Crippen molar-refractivity contribution in [3.05, 3.63) is 198 Å². The van der Waals surface area contributed by atoms with E-state index in [-0.39, 0.29) is 10.8 Å². The first-order valence-electron chi connectivity index (χ1n) is 19.7. The van der Waals surface area contributed by atoms with Crippen LogP contribution in [0.4, 0.5) is 17.1 Å². The lowest BCUT2D eigenvalue weighted by molar-refractivity contribution is 0.660. The summed E-state index contributed by atoms with van der Waals surface area (Å²) in [4.78, 5) is 2.42. The molecule has 0 radical (unpaired) electrons. The van der Waals surface area contributed by atoms with Crippen molar-refractivity contribution in [3.8, 4) is 44.5 Å². The third-order valence-corrected chi connectivity index (χ3v) is 14.0. The van der Waals surface area contributed by atoms with Crippen LogP contribution in [-0.2, 0) is 10.8 Å². The molecule has 0 bridgehead atoms. The number of anilines is 3. The number of fused-ring (bicyclic) bond motifs is 10. The molecule has 9 aromatic rings. The molecule has 0 saturated heterocycles. The number of rotatable bonds is 5. The molecule has 0 amide bonds. The van der Waals surface area contributed by atoms with Gasteiger partial charge in [0.25, 0.3) is 0 Å². The van der Waals surface area contributed by atoms with Crippen LogP contribution in [0, 0.1) is 0 Å². The summed E-state index contributed by atoms with van der Waals surface area (Å²) in [5.41, 5.74) is 19.4. The van der Waals surface area contributed by atoms with Gasteiger partial charge in [0.05, 0.1) is 0 Å². The molecule has 2 aliphatic carbocycles. The molecule has 1 nitrogen and oxygen atoms in total. The van der Waals surface area contributed by atoms with E-state index in [4.69, 9.17) is 0 Å². The highest BCUT2D eigenvalue weighted by Gasteiger charge is 2.37. The fraction of sp³-hybridized carbons (Fsp3) is 0.111. The molecule has 0 atom stereocenters. The highest BCUT2D eigenvalue weighted by Crippen LogP contribution is 2.55. The van der Waals surface area contributed by atoms with Crippen molar-refractivity contribution in [2.24, 2.45) is 0 Å². The van der Waals surface area contributed by atoms with Crippen LogP contribution in [0.25, 0.3) is 64.7 Å². The first kappa shape index (κ1) is 33.1. The van der Waals surface area contributed by atoms with Gasteiger partial charge >= 0.3 is 0 Å². The van der Waals surface area contributed by atoms with E-state index < -0.39 is 0 Å². The second-order valence-electron chi connectivity index (χ2n) is 16.5. The summed E-state index contributed by atoms with van der Waals surface area (Å²) >= 11 is 1.95. The third kappa shape index (κ3) is 4.79. The van der Waals surface area contributed by atoms with Gasteiger partial charge in [0, 0.05) is 53.6 Å². The van der Waals surface area contributed by atoms with E-state index in [2.05, 4.69) is 209 Å². The average Bonchev–Trinajstić information content (AvgIpc) is 3.82. The van der Waals surface area contributed by atoms with Crippen LogP contribution in [0.1, 0.15) is 49.9 Å². The lowest BCUT2D eigenvalue weighted by atomic mass is 9.82. The molecule has 2 aliphatic rings. The number of nitrogens with zero attached hydrogens (tertiary/aromatic N) is 1. The summed E-state index contributed by atoms with van der Waals surface area (Å²) < 4.78 is 2.74. The molecule has 2 heteroatoms. The SMILES string of the molecule is CC1(C)c2ccccc2-c2ccc(N(c3ccc(-c4ccccc4)cc3)c3ccc(-c4cccc5c4sc4c6c(ccc45)C(C)(C)c4ccccc4-6)cc3)cc21. The van der Waals surface area contributed by atoms with Crippen molar-refractivity contribution in [1.29, 1.82) is 0 Å². The van der Waals surface area contributed by atoms with Gasteiger partial charge in [-0.25, -0.2) is 0 Å². The average molecular weight is 736 g/mol. The highest BCUT2D eigenvalue weighted by molar-refractivity contribution is 7.27. The molecule has 0 aliphatic heterocycles. The van der Waals surface area contributed by atoms with Crippen LogP contribution in [0.2, 0.25) is 0 Å². The molecule has 0 unspecified atom stereocenters. The van der Waals surface area contributed by atoms with E-state index in [9.17, 15) is 0 Å². The molecule has 56 heavy (non-hydrogen) atoms. The van der Waals surface area contributed by atoms with Gasteiger partial charge in [-0.2, -0.15) is 0 Å². The molecule has 0 fully saturated rings. The molecule has 8 aromatic carbocycles. The summed E-state index contributed by atoms with van der Waals surface area (Å²) in [5.74, 6) is 0. The van der Waals surface area contributed by atoms with Gasteiger partial charge in [0.2, 0.25) is 0 Å². The zero-order valence-corrected chi connectivity index (χ0v) is 32.9. The van der Waals surface area contributed by atoms with Crippen molar-refractivity contribution in [2.45, 2.75) is 38.5 Å². The zero-order valence-electron chi connectivity index (χ0n) is 32.1. The first-order valence-corrected chi connectivity index (χ1v) is 20.5. The molecule has 0 spiro atoms. The van der Waals surface area contributed by atoms with Crippen molar-refractivity contribution >= 4 is 48.6 Å². The number of hydrogen-bond acceptors (Lipinski definition) is 2. The van der Waals surface area contributed by atoms with Crippen molar-refractivity contribution in [2.75, 3.05) is 4.90 Å². The Hall–Kier alpha value is -6.22. The maximum Gasteiger partial charge on any atom is 0.0465 e. The minimum atomic E-state index is -0.0878. The summed E-state index contributed by atoms with van der Waals surface area (Å²) in [6, 6.07) is 65.4.